The van der Waals surface area contributed by atoms with Crippen molar-refractivity contribution < 1.29 is 14.7 Å². The molecule has 3 N–H and O–H groups in total. The third kappa shape index (κ3) is 4.27. The number of amides is 1. The Balaban J connectivity index is 1.72. The summed E-state index contributed by atoms with van der Waals surface area (Å²) >= 11 is 1.08. The first-order chi connectivity index (χ1) is 9.65. The molecule has 0 atom stereocenters. The summed E-state index contributed by atoms with van der Waals surface area (Å²) in [5.41, 5.74) is 1.89. The third-order valence-corrected chi connectivity index (χ3v) is 3.50. The van der Waals surface area contributed by atoms with Crippen molar-refractivity contribution in [3.05, 3.63) is 30.1 Å². The number of thioether (sulfide) groups is 1. The van der Waals surface area contributed by atoms with Crippen molar-refractivity contribution in [3.63, 3.8) is 0 Å². The number of nitrogens with one attached hydrogen (secondary N) is 2. The Kier molecular flexibility index (Phi) is 5.00. The number of para-hydroxylation sites is 2. The van der Waals surface area contributed by atoms with Gasteiger partial charge >= 0.3 is 5.97 Å². The summed E-state index contributed by atoms with van der Waals surface area (Å²) in [5.74, 6) is -0.147. The fourth-order valence-electron chi connectivity index (χ4n) is 1.73. The fraction of sp³-hybridized carbons (Fsp3) is 0.308. The predicted octanol–water partition coefficient (Wildman–Crippen LogP) is 1.04. The number of rotatable bonds is 7. The summed E-state index contributed by atoms with van der Waals surface area (Å²) in [6.45, 7) is 0.478. The maximum Gasteiger partial charge on any atom is 0.313 e. The molecule has 0 fully saturated rings. The summed E-state index contributed by atoms with van der Waals surface area (Å²) in [6, 6.07) is 7.74. The van der Waals surface area contributed by atoms with Gasteiger partial charge in [-0.25, -0.2) is 4.98 Å². The van der Waals surface area contributed by atoms with E-state index in [1.54, 1.807) is 0 Å². The maximum absolute atomic E-state index is 11.4. The summed E-state index contributed by atoms with van der Waals surface area (Å²) in [7, 11) is 0. The second-order valence-corrected chi connectivity index (χ2v) is 5.17. The summed E-state index contributed by atoms with van der Waals surface area (Å²) < 4.78 is 0. The number of hydrogen-bond donors (Lipinski definition) is 3. The highest BCUT2D eigenvalue weighted by molar-refractivity contribution is 8.00. The van der Waals surface area contributed by atoms with Crippen LogP contribution in [-0.2, 0) is 16.0 Å². The van der Waals surface area contributed by atoms with E-state index in [2.05, 4.69) is 15.3 Å². The van der Waals surface area contributed by atoms with E-state index in [4.69, 9.17) is 5.11 Å². The lowest BCUT2D eigenvalue weighted by molar-refractivity contribution is -0.133. The number of carbonyl (C=O) groups is 2. The molecule has 1 amide bonds. The first kappa shape index (κ1) is 14.4. The number of nitrogens with zero attached hydrogens (tertiary/aromatic N) is 1. The van der Waals surface area contributed by atoms with Crippen LogP contribution in [0.3, 0.4) is 0 Å². The zero-order valence-corrected chi connectivity index (χ0v) is 11.6. The Hall–Kier alpha value is -2.02. The molecular weight excluding hydrogens is 278 g/mol. The first-order valence-corrected chi connectivity index (χ1v) is 7.30. The van der Waals surface area contributed by atoms with Gasteiger partial charge in [0, 0.05) is 13.0 Å². The Morgan fingerprint density at radius 1 is 1.30 bits per heavy atom. The molecule has 0 saturated heterocycles. The Morgan fingerprint density at radius 3 is 2.85 bits per heavy atom. The molecule has 106 valence electrons. The number of hydrogen-bond acceptors (Lipinski definition) is 4. The molecule has 6 nitrogen and oxygen atoms in total. The van der Waals surface area contributed by atoms with E-state index in [0.717, 1.165) is 28.6 Å². The lowest BCUT2D eigenvalue weighted by atomic mass is 10.3. The lowest BCUT2D eigenvalue weighted by Crippen LogP contribution is -2.27. The van der Waals surface area contributed by atoms with E-state index in [0.29, 0.717) is 13.0 Å². The summed E-state index contributed by atoms with van der Waals surface area (Å²) in [6.07, 6.45) is 0.615. The third-order valence-electron chi connectivity index (χ3n) is 2.58. The van der Waals surface area contributed by atoms with Crippen LogP contribution < -0.4 is 5.32 Å². The van der Waals surface area contributed by atoms with E-state index < -0.39 is 5.97 Å². The molecule has 0 aliphatic heterocycles. The molecule has 0 saturated carbocycles. The van der Waals surface area contributed by atoms with Crippen LogP contribution in [0.15, 0.2) is 24.3 Å². The van der Waals surface area contributed by atoms with E-state index in [1.807, 2.05) is 24.3 Å². The van der Waals surface area contributed by atoms with Crippen molar-refractivity contribution in [2.45, 2.75) is 6.42 Å². The number of carboxylic acids is 1. The average molecular weight is 293 g/mol. The van der Waals surface area contributed by atoms with Crippen molar-refractivity contribution in [3.8, 4) is 0 Å². The van der Waals surface area contributed by atoms with Crippen LogP contribution in [0.25, 0.3) is 11.0 Å². The van der Waals surface area contributed by atoms with Crippen LogP contribution in [-0.4, -0.2) is 45.0 Å². The van der Waals surface area contributed by atoms with Gasteiger partial charge in [-0.2, -0.15) is 0 Å². The fourth-order valence-corrected chi connectivity index (χ4v) is 2.29. The average Bonchev–Trinajstić information content (AvgIpc) is 2.80. The van der Waals surface area contributed by atoms with Crippen molar-refractivity contribution >= 4 is 34.7 Å². The van der Waals surface area contributed by atoms with Gasteiger partial charge in [-0.15, -0.1) is 11.8 Å². The molecule has 2 rings (SSSR count). The minimum atomic E-state index is -0.912. The smallest absolute Gasteiger partial charge is 0.313 e. The minimum absolute atomic E-state index is 0.0585. The van der Waals surface area contributed by atoms with Gasteiger partial charge in [-0.3, -0.25) is 9.59 Å². The zero-order chi connectivity index (χ0) is 14.4. The number of aromatic nitrogens is 2. The molecule has 2 aromatic rings. The second-order valence-electron chi connectivity index (χ2n) is 4.19. The van der Waals surface area contributed by atoms with Crippen molar-refractivity contribution in [1.82, 2.24) is 15.3 Å². The lowest BCUT2D eigenvalue weighted by Gasteiger charge is -2.02. The molecule has 0 aliphatic rings. The van der Waals surface area contributed by atoms with Gasteiger partial charge in [0.2, 0.25) is 5.91 Å². The molecule has 1 aromatic heterocycles. The van der Waals surface area contributed by atoms with Crippen molar-refractivity contribution in [2.75, 3.05) is 18.1 Å². The van der Waals surface area contributed by atoms with Crippen LogP contribution in [0.2, 0.25) is 0 Å². The van der Waals surface area contributed by atoms with E-state index in [9.17, 15) is 9.59 Å². The van der Waals surface area contributed by atoms with Gasteiger partial charge in [0.15, 0.2) is 0 Å². The molecule has 1 aromatic carbocycles. The topological polar surface area (TPSA) is 95.1 Å². The molecule has 7 heteroatoms. The second kappa shape index (κ2) is 6.95. The number of imidazole rings is 1. The van der Waals surface area contributed by atoms with Crippen LogP contribution in [0.1, 0.15) is 5.82 Å². The first-order valence-electron chi connectivity index (χ1n) is 6.15. The van der Waals surface area contributed by atoms with Gasteiger partial charge in [-0.05, 0) is 12.1 Å². The van der Waals surface area contributed by atoms with Gasteiger partial charge < -0.3 is 15.4 Å². The van der Waals surface area contributed by atoms with Gasteiger partial charge in [0.1, 0.15) is 5.82 Å². The standard InChI is InChI=1S/C13H15N3O3S/c17-12(7-20-8-13(18)19)14-6-5-11-15-9-3-1-2-4-10(9)16-11/h1-4H,5-8H2,(H,14,17)(H,15,16)(H,18,19). The van der Waals surface area contributed by atoms with Gasteiger partial charge in [0.25, 0.3) is 0 Å². The number of carbonyl (C=O) groups excluding carboxylic acids is 1. The number of carboxylic acid groups (broad SMARTS) is 1. The number of benzene rings is 1. The molecule has 1 heterocycles. The SMILES string of the molecule is O=C(O)CSCC(=O)NCCc1nc2ccccc2[nH]1. The molecule has 0 bridgehead atoms. The van der Waals surface area contributed by atoms with E-state index >= 15 is 0 Å². The van der Waals surface area contributed by atoms with Gasteiger partial charge in [-0.1, -0.05) is 12.1 Å². The highest BCUT2D eigenvalue weighted by Crippen LogP contribution is 2.10. The van der Waals surface area contributed by atoms with Crippen LogP contribution in [0.4, 0.5) is 0 Å². The summed E-state index contributed by atoms with van der Waals surface area (Å²) in [4.78, 5) is 29.3. The molecule has 20 heavy (non-hydrogen) atoms. The van der Waals surface area contributed by atoms with Crippen LogP contribution in [0, 0.1) is 0 Å². The zero-order valence-electron chi connectivity index (χ0n) is 10.8. The Bertz CT molecular complexity index is 579. The Morgan fingerprint density at radius 2 is 2.10 bits per heavy atom. The number of fused-ring (bicyclic) bond motifs is 1. The van der Waals surface area contributed by atoms with Gasteiger partial charge in [0.05, 0.1) is 22.5 Å². The molecular formula is C13H15N3O3S. The van der Waals surface area contributed by atoms with E-state index in [-0.39, 0.29) is 17.4 Å². The highest BCUT2D eigenvalue weighted by Gasteiger charge is 2.05. The monoisotopic (exact) mass is 293 g/mol. The highest BCUT2D eigenvalue weighted by atomic mass is 32.2. The van der Waals surface area contributed by atoms with Crippen LogP contribution >= 0.6 is 11.8 Å². The molecule has 0 unspecified atom stereocenters. The Labute approximate surface area is 120 Å². The summed E-state index contributed by atoms with van der Waals surface area (Å²) in [5, 5.41) is 11.2. The molecule has 0 spiro atoms. The largest absolute Gasteiger partial charge is 0.481 e. The minimum Gasteiger partial charge on any atom is -0.481 e. The van der Waals surface area contributed by atoms with E-state index in [1.165, 1.54) is 0 Å². The normalized spacial score (nSPS) is 10.6. The van der Waals surface area contributed by atoms with Crippen molar-refractivity contribution in [1.29, 1.82) is 0 Å². The quantitative estimate of drug-likeness (QED) is 0.709. The predicted molar refractivity (Wildman–Crippen MR) is 77.8 cm³/mol. The number of aliphatic carboxylic acids is 1. The number of aromatic amines is 1. The number of H-pyrrole nitrogens is 1. The maximum atomic E-state index is 11.4. The molecule has 0 aliphatic carbocycles. The van der Waals surface area contributed by atoms with Crippen LogP contribution in [0.5, 0.6) is 0 Å². The molecule has 0 radical (unpaired) electrons. The van der Waals surface area contributed by atoms with Crippen molar-refractivity contribution in [2.24, 2.45) is 0 Å².